The molecular weight excluding hydrogens is 465 g/mol. The largest absolute Gasteiger partial charge is 0.322 e. The highest BCUT2D eigenvalue weighted by Crippen LogP contribution is 2.26. The highest BCUT2D eigenvalue weighted by atomic mass is 35.5. The molecule has 0 fully saturated rings. The molecule has 3 rings (SSSR count). The number of nitrogens with zero attached hydrogens (tertiary/aromatic N) is 1. The van der Waals surface area contributed by atoms with Crippen LogP contribution in [-0.2, 0) is 10.0 Å². The molecule has 0 bridgehead atoms. The molecule has 0 aliphatic heterocycles. The van der Waals surface area contributed by atoms with Crippen molar-refractivity contribution in [3.05, 3.63) is 92.0 Å². The number of nitro groups is 1. The second-order valence-electron chi connectivity index (χ2n) is 6.47. The molecule has 3 aromatic rings. The Bertz CT molecular complexity index is 1280. The molecule has 0 spiro atoms. The minimum atomic E-state index is -3.87. The lowest BCUT2D eigenvalue weighted by atomic mass is 10.2. The van der Waals surface area contributed by atoms with Gasteiger partial charge in [0.15, 0.2) is 0 Å². The molecule has 0 heterocycles. The molecule has 160 valence electrons. The van der Waals surface area contributed by atoms with E-state index in [4.69, 9.17) is 23.2 Å². The summed E-state index contributed by atoms with van der Waals surface area (Å²) < 4.78 is 27.6. The fourth-order valence-corrected chi connectivity index (χ4v) is 4.00. The second-order valence-corrected chi connectivity index (χ2v) is 8.97. The fourth-order valence-electron chi connectivity index (χ4n) is 2.58. The average Bonchev–Trinajstić information content (AvgIpc) is 2.71. The lowest BCUT2D eigenvalue weighted by Crippen LogP contribution is -2.14. The topological polar surface area (TPSA) is 118 Å². The van der Waals surface area contributed by atoms with Crippen molar-refractivity contribution in [2.24, 2.45) is 0 Å². The van der Waals surface area contributed by atoms with Crippen LogP contribution in [0.3, 0.4) is 0 Å². The third-order valence-electron chi connectivity index (χ3n) is 4.25. The number of carbonyl (C=O) groups excluding carboxylic acids is 1. The van der Waals surface area contributed by atoms with E-state index in [9.17, 15) is 23.3 Å². The van der Waals surface area contributed by atoms with Crippen molar-refractivity contribution in [3.63, 3.8) is 0 Å². The van der Waals surface area contributed by atoms with E-state index in [1.165, 1.54) is 42.5 Å². The lowest BCUT2D eigenvalue weighted by molar-refractivity contribution is -0.384. The summed E-state index contributed by atoms with van der Waals surface area (Å²) in [5.74, 6) is -0.609. The maximum atomic E-state index is 12.6. The number of aryl methyl sites for hydroxylation is 1. The zero-order valence-corrected chi connectivity index (χ0v) is 18.3. The molecule has 3 aromatic carbocycles. The number of hydrogen-bond donors (Lipinski definition) is 2. The Labute approximate surface area is 188 Å². The number of rotatable bonds is 6. The fraction of sp³-hybridized carbons (Fsp3) is 0.0500. The molecule has 8 nitrogen and oxygen atoms in total. The predicted octanol–water partition coefficient (Wildman–Crippen LogP) is 5.26. The van der Waals surface area contributed by atoms with Crippen LogP contribution >= 0.6 is 23.2 Å². The van der Waals surface area contributed by atoms with Crippen molar-refractivity contribution in [2.75, 3.05) is 10.0 Å². The smallest absolute Gasteiger partial charge is 0.288 e. The standard InChI is InChI=1S/C20H15Cl2N3O5S/c1-12-2-4-15(11-18(12)22)24-31(29,30)16-7-5-14(6-8-16)23-20(26)13-3-9-17(21)19(10-13)25(27)28/h2-11,24H,1H3,(H,23,26). The molecule has 0 aliphatic carbocycles. The Hall–Kier alpha value is -3.14. The first-order valence-corrected chi connectivity index (χ1v) is 10.9. The molecule has 0 saturated heterocycles. The predicted molar refractivity (Wildman–Crippen MR) is 119 cm³/mol. The molecule has 1 amide bonds. The number of anilines is 2. The summed E-state index contributed by atoms with van der Waals surface area (Å²) in [6.07, 6.45) is 0. The Kier molecular flexibility index (Phi) is 6.49. The molecule has 0 saturated carbocycles. The quantitative estimate of drug-likeness (QED) is 0.368. The average molecular weight is 480 g/mol. The normalized spacial score (nSPS) is 11.1. The van der Waals surface area contributed by atoms with Gasteiger partial charge < -0.3 is 5.32 Å². The van der Waals surface area contributed by atoms with E-state index in [1.807, 2.05) is 0 Å². The SMILES string of the molecule is Cc1ccc(NS(=O)(=O)c2ccc(NC(=O)c3ccc(Cl)c([N+](=O)[O-])c3)cc2)cc1Cl. The van der Waals surface area contributed by atoms with E-state index in [0.717, 1.165) is 11.6 Å². The van der Waals surface area contributed by atoms with Crippen LogP contribution in [0.4, 0.5) is 17.1 Å². The maximum absolute atomic E-state index is 12.6. The van der Waals surface area contributed by atoms with Crippen molar-refractivity contribution in [1.82, 2.24) is 0 Å². The molecule has 0 unspecified atom stereocenters. The van der Waals surface area contributed by atoms with Crippen LogP contribution in [0.5, 0.6) is 0 Å². The Morgan fingerprint density at radius 3 is 2.19 bits per heavy atom. The first-order valence-electron chi connectivity index (χ1n) is 8.71. The van der Waals surface area contributed by atoms with Crippen molar-refractivity contribution >= 4 is 56.2 Å². The first kappa shape index (κ1) is 22.5. The van der Waals surface area contributed by atoms with Crippen molar-refractivity contribution in [1.29, 1.82) is 0 Å². The van der Waals surface area contributed by atoms with Gasteiger partial charge in [-0.05, 0) is 61.0 Å². The number of nitrogens with one attached hydrogen (secondary N) is 2. The van der Waals surface area contributed by atoms with Gasteiger partial charge in [0.1, 0.15) is 5.02 Å². The van der Waals surface area contributed by atoms with Crippen LogP contribution in [-0.4, -0.2) is 19.2 Å². The van der Waals surface area contributed by atoms with Gasteiger partial charge >= 0.3 is 0 Å². The summed E-state index contributed by atoms with van der Waals surface area (Å²) in [6, 6.07) is 13.9. The van der Waals surface area contributed by atoms with Crippen LogP contribution in [0.2, 0.25) is 10.0 Å². The Morgan fingerprint density at radius 2 is 1.58 bits per heavy atom. The molecule has 2 N–H and O–H groups in total. The van der Waals surface area contributed by atoms with E-state index < -0.39 is 26.5 Å². The summed E-state index contributed by atoms with van der Waals surface area (Å²) >= 11 is 11.8. The maximum Gasteiger partial charge on any atom is 0.288 e. The summed E-state index contributed by atoms with van der Waals surface area (Å²) in [6.45, 7) is 1.80. The van der Waals surface area contributed by atoms with Crippen molar-refractivity contribution < 1.29 is 18.1 Å². The highest BCUT2D eigenvalue weighted by molar-refractivity contribution is 7.92. The summed E-state index contributed by atoms with van der Waals surface area (Å²) in [4.78, 5) is 22.6. The Balaban J connectivity index is 1.75. The minimum absolute atomic E-state index is 0.0238. The highest BCUT2D eigenvalue weighted by Gasteiger charge is 2.18. The molecular formula is C20H15Cl2N3O5S. The number of halogens is 2. The van der Waals surface area contributed by atoms with Crippen LogP contribution in [0.15, 0.2) is 65.6 Å². The molecule has 0 radical (unpaired) electrons. The number of hydrogen-bond acceptors (Lipinski definition) is 5. The van der Waals surface area contributed by atoms with Crippen LogP contribution in [0.25, 0.3) is 0 Å². The molecule has 0 aliphatic rings. The number of benzene rings is 3. The minimum Gasteiger partial charge on any atom is -0.322 e. The van der Waals surface area contributed by atoms with Gasteiger partial charge in [0.2, 0.25) is 0 Å². The zero-order valence-electron chi connectivity index (χ0n) is 15.9. The van der Waals surface area contributed by atoms with E-state index in [1.54, 1.807) is 19.1 Å². The van der Waals surface area contributed by atoms with Crippen molar-refractivity contribution in [2.45, 2.75) is 11.8 Å². The van der Waals surface area contributed by atoms with Crippen LogP contribution in [0, 0.1) is 17.0 Å². The molecule has 0 atom stereocenters. The van der Waals surface area contributed by atoms with Gasteiger partial charge in [0, 0.05) is 22.3 Å². The molecule has 11 heteroatoms. The van der Waals surface area contributed by atoms with Gasteiger partial charge in [-0.3, -0.25) is 19.6 Å². The second kappa shape index (κ2) is 8.93. The lowest BCUT2D eigenvalue weighted by Gasteiger charge is -2.10. The van der Waals surface area contributed by atoms with Gasteiger partial charge in [-0.1, -0.05) is 29.3 Å². The summed E-state index contributed by atoms with van der Waals surface area (Å²) in [5, 5.41) is 13.9. The zero-order chi connectivity index (χ0) is 22.8. The Morgan fingerprint density at radius 1 is 0.935 bits per heavy atom. The first-order chi connectivity index (χ1) is 14.6. The summed E-state index contributed by atoms with van der Waals surface area (Å²) in [7, 11) is -3.87. The number of sulfonamides is 1. The monoisotopic (exact) mass is 479 g/mol. The van der Waals surface area contributed by atoms with Gasteiger partial charge in [-0.25, -0.2) is 8.42 Å². The number of nitro benzene ring substituents is 1. The van der Waals surface area contributed by atoms with Gasteiger partial charge in [-0.15, -0.1) is 0 Å². The van der Waals surface area contributed by atoms with E-state index in [-0.39, 0.29) is 15.5 Å². The number of amides is 1. The van der Waals surface area contributed by atoms with E-state index in [0.29, 0.717) is 16.4 Å². The van der Waals surface area contributed by atoms with Gasteiger partial charge in [0.05, 0.1) is 15.5 Å². The van der Waals surface area contributed by atoms with Gasteiger partial charge in [0.25, 0.3) is 21.6 Å². The van der Waals surface area contributed by atoms with Crippen LogP contribution in [0.1, 0.15) is 15.9 Å². The third kappa shape index (κ3) is 5.32. The van der Waals surface area contributed by atoms with Gasteiger partial charge in [-0.2, -0.15) is 0 Å². The van der Waals surface area contributed by atoms with E-state index in [2.05, 4.69) is 10.0 Å². The van der Waals surface area contributed by atoms with Crippen molar-refractivity contribution in [3.8, 4) is 0 Å². The van der Waals surface area contributed by atoms with E-state index >= 15 is 0 Å². The summed E-state index contributed by atoms with van der Waals surface area (Å²) in [5.41, 5.74) is 1.08. The third-order valence-corrected chi connectivity index (χ3v) is 6.38. The van der Waals surface area contributed by atoms with Crippen LogP contribution < -0.4 is 10.0 Å². The molecule has 31 heavy (non-hydrogen) atoms. The number of carbonyl (C=O) groups is 1. The molecule has 0 aromatic heterocycles.